The predicted molar refractivity (Wildman–Crippen MR) is 90.8 cm³/mol. The molecule has 0 radical (unpaired) electrons. The fraction of sp³-hybridized carbons (Fsp3) is 0.429. The number of nitrogens with zero attached hydrogens (tertiary/aromatic N) is 3. The molecule has 0 fully saturated rings. The molecule has 0 aliphatic rings. The number of hydrogen-bond donors (Lipinski definition) is 1. The highest BCUT2D eigenvalue weighted by Crippen LogP contribution is 2.31. The monoisotopic (exact) mass is 356 g/mol. The van der Waals surface area contributed by atoms with Crippen molar-refractivity contribution in [2.75, 3.05) is 18.1 Å². The van der Waals surface area contributed by atoms with Crippen molar-refractivity contribution in [1.82, 2.24) is 14.8 Å². The van der Waals surface area contributed by atoms with Crippen LogP contribution in [0, 0.1) is 20.8 Å². The zero-order chi connectivity index (χ0) is 17.4. The molecule has 2 aromatic rings. The van der Waals surface area contributed by atoms with Crippen LogP contribution in [0.15, 0.2) is 16.1 Å². The lowest BCUT2D eigenvalue weighted by molar-refractivity contribution is 0.410. The number of aromatic nitrogens is 3. The summed E-state index contributed by atoms with van der Waals surface area (Å²) < 4.78 is 34.8. The minimum absolute atomic E-state index is 0.0594. The van der Waals surface area contributed by atoms with Crippen LogP contribution in [0.5, 0.6) is 5.75 Å². The van der Waals surface area contributed by atoms with Gasteiger partial charge in [0.15, 0.2) is 5.16 Å². The van der Waals surface area contributed by atoms with Gasteiger partial charge in [-0.1, -0.05) is 11.8 Å². The van der Waals surface area contributed by atoms with Crippen LogP contribution in [0.25, 0.3) is 0 Å². The largest absolute Gasteiger partial charge is 0.496 e. The van der Waals surface area contributed by atoms with Crippen molar-refractivity contribution >= 4 is 27.7 Å². The molecular formula is C14H20N4O3S2. The van der Waals surface area contributed by atoms with Gasteiger partial charge in [0.2, 0.25) is 0 Å². The molecule has 0 atom stereocenters. The normalized spacial score (nSPS) is 11.6. The summed E-state index contributed by atoms with van der Waals surface area (Å²) in [4.78, 5) is 4.38. The molecule has 1 aromatic heterocycles. The third-order valence-electron chi connectivity index (χ3n) is 3.60. The van der Waals surface area contributed by atoms with E-state index >= 15 is 0 Å². The average Bonchev–Trinajstić information content (AvgIpc) is 2.81. The van der Waals surface area contributed by atoms with Crippen LogP contribution in [0.1, 0.15) is 16.7 Å². The number of anilines is 1. The van der Waals surface area contributed by atoms with Crippen molar-refractivity contribution in [2.45, 2.75) is 30.8 Å². The van der Waals surface area contributed by atoms with Gasteiger partial charge in [-0.05, 0) is 49.8 Å². The van der Waals surface area contributed by atoms with E-state index < -0.39 is 10.0 Å². The van der Waals surface area contributed by atoms with Crippen molar-refractivity contribution in [3.63, 3.8) is 0 Å². The van der Waals surface area contributed by atoms with Crippen LogP contribution in [0.2, 0.25) is 0 Å². The standard InChI is InChI=1S/C14H20N4O3S2/c1-8-7-11(21-5)9(2)10(3)12(8)23(19,20)17-13-15-14(22-6)18(4)16-13/h7H,1-6H3,(H,16,17). The van der Waals surface area contributed by atoms with E-state index in [1.165, 1.54) is 16.4 Å². The summed E-state index contributed by atoms with van der Waals surface area (Å²) in [6, 6.07) is 1.72. The van der Waals surface area contributed by atoms with Crippen molar-refractivity contribution in [3.05, 3.63) is 22.8 Å². The fourth-order valence-electron chi connectivity index (χ4n) is 2.41. The highest BCUT2D eigenvalue weighted by Gasteiger charge is 2.24. The van der Waals surface area contributed by atoms with Crippen molar-refractivity contribution in [2.24, 2.45) is 7.05 Å². The van der Waals surface area contributed by atoms with Gasteiger partial charge in [-0.2, -0.15) is 4.98 Å². The predicted octanol–water partition coefficient (Wildman–Crippen LogP) is 2.27. The number of aryl methyl sites for hydroxylation is 2. The van der Waals surface area contributed by atoms with Crippen LogP contribution in [-0.2, 0) is 17.1 Å². The zero-order valence-electron chi connectivity index (χ0n) is 14.0. The quantitative estimate of drug-likeness (QED) is 0.827. The van der Waals surface area contributed by atoms with Gasteiger partial charge in [-0.15, -0.1) is 5.10 Å². The number of rotatable bonds is 5. The highest BCUT2D eigenvalue weighted by molar-refractivity contribution is 7.98. The molecule has 0 saturated heterocycles. The van der Waals surface area contributed by atoms with Crippen LogP contribution in [0.3, 0.4) is 0 Å². The summed E-state index contributed by atoms with van der Waals surface area (Å²) in [5, 5.41) is 4.70. The highest BCUT2D eigenvalue weighted by atomic mass is 32.2. The Balaban J connectivity index is 2.49. The van der Waals surface area contributed by atoms with Gasteiger partial charge in [0.25, 0.3) is 16.0 Å². The maximum atomic E-state index is 12.8. The second-order valence-electron chi connectivity index (χ2n) is 5.13. The van der Waals surface area contributed by atoms with Gasteiger partial charge in [0, 0.05) is 7.05 Å². The van der Waals surface area contributed by atoms with Gasteiger partial charge < -0.3 is 4.74 Å². The van der Waals surface area contributed by atoms with E-state index in [0.29, 0.717) is 22.0 Å². The topological polar surface area (TPSA) is 86.1 Å². The van der Waals surface area contributed by atoms with E-state index in [2.05, 4.69) is 14.8 Å². The third-order valence-corrected chi connectivity index (χ3v) is 5.94. The van der Waals surface area contributed by atoms with E-state index in [4.69, 9.17) is 4.74 Å². The minimum Gasteiger partial charge on any atom is -0.496 e. The smallest absolute Gasteiger partial charge is 0.264 e. The molecule has 1 N–H and O–H groups in total. The molecular weight excluding hydrogens is 336 g/mol. The Hall–Kier alpha value is -1.74. The van der Waals surface area contributed by atoms with Crippen molar-refractivity contribution in [3.8, 4) is 5.75 Å². The third kappa shape index (κ3) is 3.30. The van der Waals surface area contributed by atoms with E-state index in [1.807, 2.05) is 13.2 Å². The minimum atomic E-state index is -3.79. The molecule has 0 saturated carbocycles. The summed E-state index contributed by atoms with van der Waals surface area (Å²) in [6.07, 6.45) is 1.85. The first-order valence-corrected chi connectivity index (χ1v) is 9.54. The SMILES string of the molecule is COc1cc(C)c(S(=O)(=O)Nc2nc(SC)n(C)n2)c(C)c1C. The molecule has 9 heteroatoms. The molecule has 23 heavy (non-hydrogen) atoms. The van der Waals surface area contributed by atoms with E-state index in [-0.39, 0.29) is 10.8 Å². The van der Waals surface area contributed by atoms with Gasteiger partial charge in [0.05, 0.1) is 12.0 Å². The zero-order valence-corrected chi connectivity index (χ0v) is 15.6. The first-order chi connectivity index (χ1) is 10.7. The molecule has 0 bridgehead atoms. The number of nitrogens with one attached hydrogen (secondary N) is 1. The number of thioether (sulfide) groups is 1. The average molecular weight is 356 g/mol. The number of benzene rings is 1. The Morgan fingerprint density at radius 1 is 1.26 bits per heavy atom. The molecule has 0 amide bonds. The van der Waals surface area contributed by atoms with Crippen LogP contribution in [0.4, 0.5) is 5.95 Å². The molecule has 0 spiro atoms. The molecule has 0 aliphatic heterocycles. The summed E-state index contributed by atoms with van der Waals surface area (Å²) in [6.45, 7) is 5.33. The van der Waals surface area contributed by atoms with Crippen LogP contribution >= 0.6 is 11.8 Å². The molecule has 7 nitrogen and oxygen atoms in total. The Morgan fingerprint density at radius 2 is 1.91 bits per heavy atom. The second kappa shape index (κ2) is 6.40. The summed E-state index contributed by atoms with van der Waals surface area (Å²) in [7, 11) is -0.509. The van der Waals surface area contributed by atoms with E-state index in [1.54, 1.807) is 34.1 Å². The fourth-order valence-corrected chi connectivity index (χ4v) is 4.36. The maximum absolute atomic E-state index is 12.8. The van der Waals surface area contributed by atoms with Crippen molar-refractivity contribution < 1.29 is 13.2 Å². The Kier molecular flexibility index (Phi) is 4.90. The lowest BCUT2D eigenvalue weighted by atomic mass is 10.1. The number of hydrogen-bond acceptors (Lipinski definition) is 6. The summed E-state index contributed by atoms with van der Waals surface area (Å²) in [5.41, 5.74) is 2.05. The number of sulfonamides is 1. The van der Waals surface area contributed by atoms with Crippen LogP contribution in [-0.4, -0.2) is 36.5 Å². The molecule has 1 heterocycles. The first-order valence-electron chi connectivity index (χ1n) is 6.84. The molecule has 0 unspecified atom stereocenters. The Bertz CT molecular complexity index is 844. The number of ether oxygens (including phenoxy) is 1. The Morgan fingerprint density at radius 3 is 2.43 bits per heavy atom. The van der Waals surface area contributed by atoms with Gasteiger partial charge in [0.1, 0.15) is 5.75 Å². The lowest BCUT2D eigenvalue weighted by Crippen LogP contribution is -2.17. The first kappa shape index (κ1) is 17.6. The van der Waals surface area contributed by atoms with Gasteiger partial charge >= 0.3 is 0 Å². The summed E-state index contributed by atoms with van der Waals surface area (Å²) in [5.74, 6) is 0.726. The maximum Gasteiger partial charge on any atom is 0.264 e. The van der Waals surface area contributed by atoms with Gasteiger partial charge in [-0.3, -0.25) is 0 Å². The molecule has 1 aromatic carbocycles. The summed E-state index contributed by atoms with van der Waals surface area (Å²) >= 11 is 1.39. The van der Waals surface area contributed by atoms with Crippen LogP contribution < -0.4 is 9.46 Å². The van der Waals surface area contributed by atoms with Crippen molar-refractivity contribution in [1.29, 1.82) is 0 Å². The Labute approximate surface area is 140 Å². The van der Waals surface area contributed by atoms with E-state index in [9.17, 15) is 8.42 Å². The van der Waals surface area contributed by atoms with Gasteiger partial charge in [-0.25, -0.2) is 17.8 Å². The molecule has 0 aliphatic carbocycles. The lowest BCUT2D eigenvalue weighted by Gasteiger charge is -2.16. The second-order valence-corrected chi connectivity index (χ2v) is 7.52. The molecule has 126 valence electrons. The number of methoxy groups -OCH3 is 1. The van der Waals surface area contributed by atoms with E-state index in [0.717, 1.165) is 5.56 Å². The molecule has 2 rings (SSSR count).